The third-order valence-electron chi connectivity index (χ3n) is 5.08. The van der Waals surface area contributed by atoms with Gasteiger partial charge in [-0.2, -0.15) is 0 Å². The zero-order valence-electron chi connectivity index (χ0n) is 15.4. The van der Waals surface area contributed by atoms with Gasteiger partial charge in [0.1, 0.15) is 11.8 Å². The van der Waals surface area contributed by atoms with Crippen LogP contribution in [-0.2, 0) is 4.74 Å². The van der Waals surface area contributed by atoms with Crippen molar-refractivity contribution in [1.82, 2.24) is 14.8 Å². The number of pyridine rings is 1. The van der Waals surface area contributed by atoms with Crippen LogP contribution in [0, 0.1) is 0 Å². The van der Waals surface area contributed by atoms with Crippen LogP contribution in [-0.4, -0.2) is 78.2 Å². The van der Waals surface area contributed by atoms with Crippen LogP contribution in [0.1, 0.15) is 30.8 Å². The highest BCUT2D eigenvalue weighted by Crippen LogP contribution is 2.22. The highest BCUT2D eigenvalue weighted by atomic mass is 16.6. The number of hydrogen-bond acceptors (Lipinski definition) is 6. The lowest BCUT2D eigenvalue weighted by Crippen LogP contribution is -2.51. The molecule has 1 aromatic rings. The van der Waals surface area contributed by atoms with Crippen molar-refractivity contribution < 1.29 is 14.3 Å². The third-order valence-corrected chi connectivity index (χ3v) is 5.08. The second-order valence-corrected chi connectivity index (χ2v) is 7.12. The lowest BCUT2D eigenvalue weighted by atomic mass is 10.2. The largest absolute Gasteiger partial charge is 0.444 e. The van der Waals surface area contributed by atoms with E-state index in [0.717, 1.165) is 31.7 Å². The van der Waals surface area contributed by atoms with Crippen molar-refractivity contribution in [2.24, 2.45) is 5.73 Å². The first-order chi connectivity index (χ1) is 12.4. The van der Waals surface area contributed by atoms with Crippen molar-refractivity contribution in [1.29, 1.82) is 0 Å². The van der Waals surface area contributed by atoms with Crippen molar-refractivity contribution in [3.8, 4) is 0 Å². The molecular weight excluding hydrogens is 334 g/mol. The molecule has 0 unspecified atom stereocenters. The molecule has 0 aliphatic carbocycles. The van der Waals surface area contributed by atoms with Crippen LogP contribution in [0.5, 0.6) is 0 Å². The highest BCUT2D eigenvalue weighted by Gasteiger charge is 2.29. The molecule has 0 aromatic carbocycles. The van der Waals surface area contributed by atoms with E-state index in [1.165, 1.54) is 0 Å². The fourth-order valence-electron chi connectivity index (χ4n) is 3.42. The number of carbonyl (C=O) groups is 2. The number of primary amides is 1. The number of carbonyl (C=O) groups excluding carboxylic acids is 2. The average Bonchev–Trinajstić information content (AvgIpc) is 3.10. The molecule has 0 radical (unpaired) electrons. The number of hydrogen-bond donors (Lipinski definition) is 1. The van der Waals surface area contributed by atoms with Gasteiger partial charge in [0.25, 0.3) is 5.91 Å². The van der Waals surface area contributed by atoms with Gasteiger partial charge in [-0.3, -0.25) is 9.69 Å². The van der Waals surface area contributed by atoms with E-state index in [9.17, 15) is 9.59 Å². The fourth-order valence-corrected chi connectivity index (χ4v) is 3.42. The van der Waals surface area contributed by atoms with Crippen LogP contribution in [0.15, 0.2) is 18.3 Å². The normalized spacial score (nSPS) is 21.3. The fraction of sp³-hybridized carbons (Fsp3) is 0.611. The van der Waals surface area contributed by atoms with E-state index in [4.69, 9.17) is 10.5 Å². The van der Waals surface area contributed by atoms with E-state index in [0.29, 0.717) is 25.7 Å². The van der Waals surface area contributed by atoms with E-state index in [1.54, 1.807) is 17.2 Å². The molecular formula is C18H27N5O3. The molecule has 0 spiro atoms. The molecule has 2 saturated heterocycles. The molecule has 3 heterocycles. The maximum Gasteiger partial charge on any atom is 0.410 e. The molecule has 2 aliphatic heterocycles. The van der Waals surface area contributed by atoms with Crippen LogP contribution >= 0.6 is 0 Å². The molecule has 0 saturated carbocycles. The van der Waals surface area contributed by atoms with E-state index in [1.807, 2.05) is 6.07 Å². The van der Waals surface area contributed by atoms with Gasteiger partial charge in [0.05, 0.1) is 18.4 Å². The zero-order chi connectivity index (χ0) is 18.7. The van der Waals surface area contributed by atoms with Gasteiger partial charge in [0, 0.05) is 45.2 Å². The second-order valence-electron chi connectivity index (χ2n) is 7.12. The Morgan fingerprint density at radius 3 is 2.50 bits per heavy atom. The summed E-state index contributed by atoms with van der Waals surface area (Å²) in [6, 6.07) is 3.94. The van der Waals surface area contributed by atoms with E-state index in [-0.39, 0.29) is 17.9 Å². The minimum absolute atomic E-state index is 0.124. The predicted octanol–water partition coefficient (Wildman–Crippen LogP) is 0.922. The SMILES string of the molecule is CC(C)N1CCN(C(=O)O[C@H]2CCN(c3ccc(C(N)=O)nc3)C2)CC1. The Balaban J connectivity index is 1.48. The summed E-state index contributed by atoms with van der Waals surface area (Å²) in [6.45, 7) is 8.98. The van der Waals surface area contributed by atoms with E-state index < -0.39 is 5.91 Å². The number of rotatable bonds is 4. The number of aromatic nitrogens is 1. The van der Waals surface area contributed by atoms with Gasteiger partial charge in [-0.05, 0) is 26.0 Å². The summed E-state index contributed by atoms with van der Waals surface area (Å²) in [5.74, 6) is -0.539. The Bertz CT molecular complexity index is 641. The Morgan fingerprint density at radius 1 is 1.19 bits per heavy atom. The van der Waals surface area contributed by atoms with Crippen molar-refractivity contribution in [3.63, 3.8) is 0 Å². The molecule has 8 heteroatoms. The smallest absolute Gasteiger partial charge is 0.410 e. The topological polar surface area (TPSA) is 92.0 Å². The van der Waals surface area contributed by atoms with E-state index in [2.05, 4.69) is 28.6 Å². The highest BCUT2D eigenvalue weighted by molar-refractivity contribution is 5.90. The van der Waals surface area contributed by atoms with Crippen LogP contribution in [0.4, 0.5) is 10.5 Å². The number of anilines is 1. The van der Waals surface area contributed by atoms with Gasteiger partial charge < -0.3 is 20.3 Å². The minimum Gasteiger partial charge on any atom is -0.444 e. The van der Waals surface area contributed by atoms with Crippen LogP contribution in [0.25, 0.3) is 0 Å². The van der Waals surface area contributed by atoms with Crippen molar-refractivity contribution >= 4 is 17.7 Å². The van der Waals surface area contributed by atoms with Gasteiger partial charge in [-0.25, -0.2) is 9.78 Å². The summed E-state index contributed by atoms with van der Waals surface area (Å²) < 4.78 is 5.69. The summed E-state index contributed by atoms with van der Waals surface area (Å²) >= 11 is 0. The Morgan fingerprint density at radius 2 is 1.92 bits per heavy atom. The van der Waals surface area contributed by atoms with Crippen LogP contribution in [0.2, 0.25) is 0 Å². The molecule has 1 aromatic heterocycles. The summed E-state index contributed by atoms with van der Waals surface area (Å²) in [7, 11) is 0. The van der Waals surface area contributed by atoms with Crippen molar-refractivity contribution in [2.75, 3.05) is 44.2 Å². The molecule has 2 N–H and O–H groups in total. The standard InChI is InChI=1S/C18H27N5O3/c1-13(2)21-7-9-22(10-8-21)18(25)26-15-5-6-23(12-15)14-3-4-16(17(19)24)20-11-14/h3-4,11,13,15H,5-10,12H2,1-2H3,(H2,19,24)/t15-/m0/s1. The summed E-state index contributed by atoms with van der Waals surface area (Å²) in [5, 5.41) is 0. The first-order valence-corrected chi connectivity index (χ1v) is 9.14. The third kappa shape index (κ3) is 4.24. The molecule has 2 amide bonds. The lowest BCUT2D eigenvalue weighted by molar-refractivity contribution is 0.0474. The van der Waals surface area contributed by atoms with Crippen LogP contribution < -0.4 is 10.6 Å². The summed E-state index contributed by atoms with van der Waals surface area (Å²) in [6.07, 6.45) is 2.08. The second kappa shape index (κ2) is 7.90. The summed E-state index contributed by atoms with van der Waals surface area (Å²) in [4.78, 5) is 33.8. The quantitative estimate of drug-likeness (QED) is 0.857. The predicted molar refractivity (Wildman–Crippen MR) is 98.1 cm³/mol. The zero-order valence-corrected chi connectivity index (χ0v) is 15.4. The number of piperazine rings is 1. The van der Waals surface area contributed by atoms with Gasteiger partial charge >= 0.3 is 6.09 Å². The molecule has 1 atom stereocenters. The van der Waals surface area contributed by atoms with Gasteiger partial charge in [-0.15, -0.1) is 0 Å². The monoisotopic (exact) mass is 361 g/mol. The molecule has 2 fully saturated rings. The van der Waals surface area contributed by atoms with Gasteiger partial charge in [0.2, 0.25) is 0 Å². The molecule has 0 bridgehead atoms. The number of ether oxygens (including phenoxy) is 1. The number of nitrogens with two attached hydrogens (primary N) is 1. The van der Waals surface area contributed by atoms with Crippen molar-refractivity contribution in [3.05, 3.63) is 24.0 Å². The maximum absolute atomic E-state index is 12.4. The lowest BCUT2D eigenvalue weighted by Gasteiger charge is -2.36. The van der Waals surface area contributed by atoms with Gasteiger partial charge in [-0.1, -0.05) is 0 Å². The molecule has 8 nitrogen and oxygen atoms in total. The summed E-state index contributed by atoms with van der Waals surface area (Å²) in [5.41, 5.74) is 6.36. The maximum atomic E-state index is 12.4. The minimum atomic E-state index is -0.539. The Labute approximate surface area is 153 Å². The van der Waals surface area contributed by atoms with Gasteiger partial charge in [0.15, 0.2) is 0 Å². The van der Waals surface area contributed by atoms with E-state index >= 15 is 0 Å². The number of amides is 2. The Kier molecular flexibility index (Phi) is 5.61. The van der Waals surface area contributed by atoms with Crippen molar-refractivity contribution in [2.45, 2.75) is 32.4 Å². The molecule has 142 valence electrons. The average molecular weight is 361 g/mol. The molecule has 26 heavy (non-hydrogen) atoms. The first kappa shape index (κ1) is 18.4. The van der Waals surface area contributed by atoms with Crippen LogP contribution in [0.3, 0.4) is 0 Å². The first-order valence-electron chi connectivity index (χ1n) is 9.14. The number of nitrogens with zero attached hydrogens (tertiary/aromatic N) is 4. The Hall–Kier alpha value is -2.35. The molecule has 3 rings (SSSR count). The molecule has 2 aliphatic rings.